The molecular formula is C21H23ClN4O3S. The summed E-state index contributed by atoms with van der Waals surface area (Å²) in [6.07, 6.45) is 1.50. The molecule has 0 unspecified atom stereocenters. The molecule has 2 aromatic rings. The second-order valence-electron chi connectivity index (χ2n) is 7.23. The van der Waals surface area contributed by atoms with Crippen LogP contribution in [0.4, 0.5) is 5.69 Å². The van der Waals surface area contributed by atoms with Gasteiger partial charge in [0.15, 0.2) is 0 Å². The third-order valence-corrected chi connectivity index (χ3v) is 6.86. The van der Waals surface area contributed by atoms with Gasteiger partial charge in [-0.1, -0.05) is 11.6 Å². The van der Waals surface area contributed by atoms with Crippen molar-refractivity contribution in [2.24, 2.45) is 0 Å². The number of amides is 1. The minimum atomic E-state index is -3.81. The van der Waals surface area contributed by atoms with Crippen molar-refractivity contribution in [3.8, 4) is 6.07 Å². The molecule has 0 bridgehead atoms. The Balaban J connectivity index is 1.51. The number of anilines is 1. The minimum Gasteiger partial charge on any atom is -0.371 e. The average Bonchev–Trinajstić information content (AvgIpc) is 2.74. The molecule has 158 valence electrons. The molecule has 1 heterocycles. The summed E-state index contributed by atoms with van der Waals surface area (Å²) in [6, 6.07) is 14.4. The maximum atomic E-state index is 12.5. The van der Waals surface area contributed by atoms with E-state index in [9.17, 15) is 13.2 Å². The molecule has 1 saturated heterocycles. The van der Waals surface area contributed by atoms with Crippen molar-refractivity contribution in [3.05, 3.63) is 59.1 Å². The molecule has 1 aliphatic rings. The first-order valence-electron chi connectivity index (χ1n) is 9.62. The van der Waals surface area contributed by atoms with Crippen LogP contribution >= 0.6 is 11.6 Å². The molecule has 2 N–H and O–H groups in total. The fourth-order valence-electron chi connectivity index (χ4n) is 3.32. The highest BCUT2D eigenvalue weighted by molar-refractivity contribution is 7.89. The van der Waals surface area contributed by atoms with Crippen molar-refractivity contribution in [2.45, 2.75) is 36.7 Å². The number of halogens is 1. The fourth-order valence-corrected chi connectivity index (χ4v) is 4.65. The Labute approximate surface area is 181 Å². The zero-order valence-corrected chi connectivity index (χ0v) is 18.1. The Hall–Kier alpha value is -2.60. The molecule has 0 aromatic heterocycles. The van der Waals surface area contributed by atoms with Crippen LogP contribution in [0.3, 0.4) is 0 Å². The van der Waals surface area contributed by atoms with Crippen LogP contribution in [0.25, 0.3) is 0 Å². The van der Waals surface area contributed by atoms with Gasteiger partial charge in [-0.2, -0.15) is 9.98 Å². The quantitative estimate of drug-likeness (QED) is 0.710. The van der Waals surface area contributed by atoms with Crippen LogP contribution in [0.2, 0.25) is 5.02 Å². The number of sulfonamides is 1. The first kappa shape index (κ1) is 22.1. The second kappa shape index (κ2) is 9.47. The van der Waals surface area contributed by atoms with Crippen molar-refractivity contribution in [3.63, 3.8) is 0 Å². The molecule has 30 heavy (non-hydrogen) atoms. The van der Waals surface area contributed by atoms with Crippen molar-refractivity contribution in [1.82, 2.24) is 10.0 Å². The van der Waals surface area contributed by atoms with Crippen LogP contribution in [0.15, 0.2) is 53.4 Å². The lowest BCUT2D eigenvalue weighted by atomic mass is 10.0. The third-order valence-electron chi connectivity index (χ3n) is 5.05. The lowest BCUT2D eigenvalue weighted by molar-refractivity contribution is -0.123. The Morgan fingerprint density at radius 2 is 1.73 bits per heavy atom. The van der Waals surface area contributed by atoms with E-state index < -0.39 is 16.1 Å². The van der Waals surface area contributed by atoms with Crippen LogP contribution in [-0.2, 0) is 14.8 Å². The molecule has 2 aromatic carbocycles. The summed E-state index contributed by atoms with van der Waals surface area (Å²) in [6.45, 7) is 3.05. The van der Waals surface area contributed by atoms with Gasteiger partial charge in [0.2, 0.25) is 15.9 Å². The fraction of sp³-hybridized carbons (Fsp3) is 0.333. The van der Waals surface area contributed by atoms with Gasteiger partial charge in [-0.05, 0) is 68.3 Å². The van der Waals surface area contributed by atoms with E-state index in [-0.39, 0.29) is 16.8 Å². The topological polar surface area (TPSA) is 102 Å². The van der Waals surface area contributed by atoms with Gasteiger partial charge in [0, 0.05) is 29.8 Å². The Morgan fingerprint density at radius 1 is 1.13 bits per heavy atom. The summed E-state index contributed by atoms with van der Waals surface area (Å²) >= 11 is 5.79. The molecule has 0 spiro atoms. The van der Waals surface area contributed by atoms with Crippen molar-refractivity contribution >= 4 is 33.2 Å². The van der Waals surface area contributed by atoms with Gasteiger partial charge < -0.3 is 10.2 Å². The van der Waals surface area contributed by atoms with E-state index in [4.69, 9.17) is 16.9 Å². The minimum absolute atomic E-state index is 0.0189. The van der Waals surface area contributed by atoms with Crippen molar-refractivity contribution < 1.29 is 13.2 Å². The Kier molecular flexibility index (Phi) is 6.98. The number of nitrogens with one attached hydrogen (secondary N) is 2. The van der Waals surface area contributed by atoms with E-state index in [1.807, 2.05) is 12.1 Å². The lowest BCUT2D eigenvalue weighted by Gasteiger charge is -2.34. The largest absolute Gasteiger partial charge is 0.371 e. The number of hydrogen-bond donors (Lipinski definition) is 2. The number of hydrogen-bond acceptors (Lipinski definition) is 5. The number of nitriles is 1. The number of piperidine rings is 1. The predicted molar refractivity (Wildman–Crippen MR) is 116 cm³/mol. The molecule has 9 heteroatoms. The van der Waals surface area contributed by atoms with Gasteiger partial charge >= 0.3 is 0 Å². The highest BCUT2D eigenvalue weighted by Crippen LogP contribution is 2.20. The summed E-state index contributed by atoms with van der Waals surface area (Å²) in [5, 5.41) is 12.3. The van der Waals surface area contributed by atoms with Crippen molar-refractivity contribution in [1.29, 1.82) is 5.26 Å². The highest BCUT2D eigenvalue weighted by Gasteiger charge is 2.26. The van der Waals surface area contributed by atoms with E-state index in [0.29, 0.717) is 10.6 Å². The van der Waals surface area contributed by atoms with Crippen LogP contribution in [0.1, 0.15) is 25.3 Å². The van der Waals surface area contributed by atoms with Gasteiger partial charge in [0.1, 0.15) is 0 Å². The number of rotatable bonds is 6. The molecule has 1 atom stereocenters. The summed E-state index contributed by atoms with van der Waals surface area (Å²) in [4.78, 5) is 14.8. The number of benzene rings is 2. The molecular weight excluding hydrogens is 424 g/mol. The SMILES string of the molecule is C[C@H](NS(=O)(=O)c1ccc(Cl)cc1)C(=O)NC1CCN(c2ccc(C#N)cc2)CC1. The smallest absolute Gasteiger partial charge is 0.241 e. The van der Waals surface area contributed by atoms with E-state index in [1.54, 1.807) is 12.1 Å². The van der Waals surface area contributed by atoms with E-state index in [1.165, 1.54) is 31.2 Å². The third kappa shape index (κ3) is 5.51. The molecule has 1 fully saturated rings. The summed E-state index contributed by atoms with van der Waals surface area (Å²) in [5.74, 6) is -0.357. The monoisotopic (exact) mass is 446 g/mol. The first-order chi connectivity index (χ1) is 14.3. The zero-order chi connectivity index (χ0) is 21.7. The van der Waals surface area contributed by atoms with Gasteiger partial charge in [0.05, 0.1) is 22.6 Å². The number of carbonyl (C=O) groups excluding carboxylic acids is 1. The van der Waals surface area contributed by atoms with E-state index in [0.717, 1.165) is 31.6 Å². The zero-order valence-electron chi connectivity index (χ0n) is 16.5. The van der Waals surface area contributed by atoms with Gasteiger partial charge in [0.25, 0.3) is 0 Å². The van der Waals surface area contributed by atoms with Crippen LogP contribution < -0.4 is 14.9 Å². The summed E-state index contributed by atoms with van der Waals surface area (Å²) in [7, 11) is -3.81. The van der Waals surface area contributed by atoms with Crippen LogP contribution in [0, 0.1) is 11.3 Å². The first-order valence-corrected chi connectivity index (χ1v) is 11.5. The number of carbonyl (C=O) groups is 1. The molecule has 0 aliphatic carbocycles. The maximum absolute atomic E-state index is 12.5. The lowest BCUT2D eigenvalue weighted by Crippen LogP contribution is -2.51. The molecule has 1 aliphatic heterocycles. The number of nitrogens with zero attached hydrogens (tertiary/aromatic N) is 2. The van der Waals surface area contributed by atoms with Crippen molar-refractivity contribution in [2.75, 3.05) is 18.0 Å². The summed E-state index contributed by atoms with van der Waals surface area (Å²) in [5.41, 5.74) is 1.67. The Bertz CT molecular complexity index is 1030. The molecule has 3 rings (SSSR count). The molecule has 0 saturated carbocycles. The van der Waals surface area contributed by atoms with Crippen LogP contribution in [-0.4, -0.2) is 39.5 Å². The molecule has 7 nitrogen and oxygen atoms in total. The van der Waals surface area contributed by atoms with Gasteiger partial charge in [-0.3, -0.25) is 4.79 Å². The predicted octanol–water partition coefficient (Wildman–Crippen LogP) is 2.66. The van der Waals surface area contributed by atoms with Crippen LogP contribution in [0.5, 0.6) is 0 Å². The normalized spacial score (nSPS) is 16.0. The molecule has 1 amide bonds. The maximum Gasteiger partial charge on any atom is 0.241 e. The van der Waals surface area contributed by atoms with Gasteiger partial charge in [-0.25, -0.2) is 8.42 Å². The highest BCUT2D eigenvalue weighted by atomic mass is 35.5. The Morgan fingerprint density at radius 3 is 2.30 bits per heavy atom. The summed E-state index contributed by atoms with van der Waals surface area (Å²) < 4.78 is 27.3. The van der Waals surface area contributed by atoms with E-state index >= 15 is 0 Å². The standard InChI is InChI=1S/C21H23ClN4O3S/c1-15(25-30(28,29)20-8-4-17(22)5-9-20)21(27)24-18-10-12-26(13-11-18)19-6-2-16(14-23)3-7-19/h2-9,15,18,25H,10-13H2,1H3,(H,24,27)/t15-/m0/s1. The average molecular weight is 447 g/mol. The molecule has 0 radical (unpaired) electrons. The second-order valence-corrected chi connectivity index (χ2v) is 9.38. The van der Waals surface area contributed by atoms with E-state index in [2.05, 4.69) is 21.0 Å². The van der Waals surface area contributed by atoms with Gasteiger partial charge in [-0.15, -0.1) is 0 Å².